The molecule has 3 N–H and O–H groups in total. The first-order valence-electron chi connectivity index (χ1n) is 3.37. The van der Waals surface area contributed by atoms with E-state index < -0.39 is 22.7 Å². The summed E-state index contributed by atoms with van der Waals surface area (Å²) in [5, 5.41) is 13.1. The van der Waals surface area contributed by atoms with Gasteiger partial charge in [-0.05, 0) is 6.42 Å². The molecule has 0 rings (SSSR count). The molecule has 0 spiro atoms. The zero-order valence-corrected chi connectivity index (χ0v) is 7.54. The van der Waals surface area contributed by atoms with E-state index in [-0.39, 0.29) is 6.54 Å². The van der Waals surface area contributed by atoms with Crippen molar-refractivity contribution in [3.63, 3.8) is 0 Å². The van der Waals surface area contributed by atoms with Crippen LogP contribution in [0.4, 0.5) is 0 Å². The lowest BCUT2D eigenvalue weighted by Gasteiger charge is -2.15. The Hall–Kier alpha value is -0.660. The highest BCUT2D eigenvalue weighted by Crippen LogP contribution is 1.95. The average molecular weight is 196 g/mol. The highest BCUT2D eigenvalue weighted by Gasteiger charge is 2.18. The maximum absolute atomic E-state index is 10.7. The third-order valence-corrected chi connectivity index (χ3v) is 2.18. The van der Waals surface area contributed by atoms with Gasteiger partial charge in [0.1, 0.15) is 6.54 Å². The summed E-state index contributed by atoms with van der Waals surface area (Å²) < 4.78 is 22.1. The smallest absolute Gasteiger partial charge is 0.318 e. The molecular formula is C5H12N2O4S. The first kappa shape index (κ1) is 11.3. The Morgan fingerprint density at radius 2 is 2.08 bits per heavy atom. The summed E-state index contributed by atoms with van der Waals surface area (Å²) in [5.41, 5.74) is 0. The van der Waals surface area contributed by atoms with Gasteiger partial charge in [-0.2, -0.15) is 12.7 Å². The fourth-order valence-corrected chi connectivity index (χ4v) is 1.42. The van der Waals surface area contributed by atoms with Crippen LogP contribution in [0.5, 0.6) is 0 Å². The van der Waals surface area contributed by atoms with Crippen LogP contribution in [-0.2, 0) is 15.0 Å². The zero-order valence-electron chi connectivity index (χ0n) is 6.73. The molecule has 0 saturated heterocycles. The molecule has 6 nitrogen and oxygen atoms in total. The van der Waals surface area contributed by atoms with Crippen LogP contribution in [0.1, 0.15) is 13.3 Å². The van der Waals surface area contributed by atoms with Gasteiger partial charge in [-0.3, -0.25) is 4.79 Å². The fourth-order valence-electron chi connectivity index (χ4n) is 0.697. The van der Waals surface area contributed by atoms with Gasteiger partial charge in [-0.25, -0.2) is 5.14 Å². The largest absolute Gasteiger partial charge is 0.480 e. The van der Waals surface area contributed by atoms with Gasteiger partial charge in [-0.1, -0.05) is 6.92 Å². The van der Waals surface area contributed by atoms with Crippen molar-refractivity contribution >= 4 is 16.2 Å². The summed E-state index contributed by atoms with van der Waals surface area (Å²) >= 11 is 0. The zero-order chi connectivity index (χ0) is 9.78. The summed E-state index contributed by atoms with van der Waals surface area (Å²) in [6.07, 6.45) is 0.531. The maximum Gasteiger partial charge on any atom is 0.318 e. The quantitative estimate of drug-likeness (QED) is 0.588. The molecule has 0 aliphatic heterocycles. The molecule has 0 bridgehead atoms. The number of hydrogen-bond acceptors (Lipinski definition) is 3. The molecule has 0 aromatic rings. The first-order chi connectivity index (χ1) is 5.38. The number of carboxylic acids is 1. The van der Waals surface area contributed by atoms with Gasteiger partial charge in [0.15, 0.2) is 0 Å². The Morgan fingerprint density at radius 3 is 2.33 bits per heavy atom. The number of hydrogen-bond donors (Lipinski definition) is 2. The van der Waals surface area contributed by atoms with Gasteiger partial charge in [0.25, 0.3) is 10.2 Å². The Balaban J connectivity index is 4.34. The Labute approximate surface area is 71.2 Å². The minimum absolute atomic E-state index is 0.130. The monoisotopic (exact) mass is 196 g/mol. The minimum Gasteiger partial charge on any atom is -0.480 e. The summed E-state index contributed by atoms with van der Waals surface area (Å²) in [7, 11) is -3.87. The van der Waals surface area contributed by atoms with Crippen LogP contribution in [0.25, 0.3) is 0 Å². The van der Waals surface area contributed by atoms with E-state index in [0.717, 1.165) is 4.31 Å². The number of aliphatic carboxylic acids is 1. The molecule has 0 saturated carbocycles. The summed E-state index contributed by atoms with van der Waals surface area (Å²) in [4.78, 5) is 10.2. The van der Waals surface area contributed by atoms with Crippen LogP contribution in [0.3, 0.4) is 0 Å². The second kappa shape index (κ2) is 4.39. The highest BCUT2D eigenvalue weighted by atomic mass is 32.2. The van der Waals surface area contributed by atoms with Crippen molar-refractivity contribution < 1.29 is 18.3 Å². The van der Waals surface area contributed by atoms with Gasteiger partial charge >= 0.3 is 5.97 Å². The van der Waals surface area contributed by atoms with Crippen LogP contribution in [-0.4, -0.2) is 36.9 Å². The van der Waals surface area contributed by atoms with E-state index >= 15 is 0 Å². The average Bonchev–Trinajstić information content (AvgIpc) is 1.83. The van der Waals surface area contributed by atoms with Gasteiger partial charge in [-0.15, -0.1) is 0 Å². The lowest BCUT2D eigenvalue weighted by Crippen LogP contribution is -2.40. The number of rotatable bonds is 5. The SMILES string of the molecule is CCCN(CC(=O)O)S(N)(=O)=O. The molecule has 72 valence electrons. The third kappa shape index (κ3) is 4.27. The maximum atomic E-state index is 10.7. The molecule has 0 aromatic heterocycles. The van der Waals surface area contributed by atoms with Crippen molar-refractivity contribution in [3.05, 3.63) is 0 Å². The Morgan fingerprint density at radius 1 is 1.58 bits per heavy atom. The molecule has 0 unspecified atom stereocenters. The minimum atomic E-state index is -3.87. The molecule has 0 aliphatic rings. The van der Waals surface area contributed by atoms with Crippen LogP contribution in [0.2, 0.25) is 0 Å². The van der Waals surface area contributed by atoms with E-state index in [0.29, 0.717) is 6.42 Å². The van der Waals surface area contributed by atoms with Gasteiger partial charge in [0.05, 0.1) is 0 Å². The van der Waals surface area contributed by atoms with E-state index in [1.165, 1.54) is 0 Å². The topological polar surface area (TPSA) is 101 Å². The molecular weight excluding hydrogens is 184 g/mol. The molecule has 7 heteroatoms. The predicted molar refractivity (Wildman–Crippen MR) is 42.6 cm³/mol. The normalized spacial score (nSPS) is 11.9. The second-order valence-corrected chi connectivity index (χ2v) is 3.82. The van der Waals surface area contributed by atoms with Crippen molar-refractivity contribution in [3.8, 4) is 0 Å². The third-order valence-electron chi connectivity index (χ3n) is 1.14. The summed E-state index contributed by atoms with van der Waals surface area (Å²) in [5.74, 6) is -1.21. The van der Waals surface area contributed by atoms with Crippen molar-refractivity contribution in [2.45, 2.75) is 13.3 Å². The van der Waals surface area contributed by atoms with Crippen molar-refractivity contribution in [1.82, 2.24) is 4.31 Å². The van der Waals surface area contributed by atoms with Crippen molar-refractivity contribution in [1.29, 1.82) is 0 Å². The van der Waals surface area contributed by atoms with Crippen molar-refractivity contribution in [2.75, 3.05) is 13.1 Å². The number of carbonyl (C=O) groups is 1. The number of nitrogens with two attached hydrogens (primary N) is 1. The number of carboxylic acid groups (broad SMARTS) is 1. The highest BCUT2D eigenvalue weighted by molar-refractivity contribution is 7.86. The molecule has 0 aromatic carbocycles. The van der Waals surface area contributed by atoms with Crippen LogP contribution in [0, 0.1) is 0 Å². The van der Waals surface area contributed by atoms with E-state index in [1.807, 2.05) is 0 Å². The second-order valence-electron chi connectivity index (χ2n) is 2.27. The van der Waals surface area contributed by atoms with Gasteiger partial charge < -0.3 is 5.11 Å². The molecule has 0 radical (unpaired) electrons. The van der Waals surface area contributed by atoms with Gasteiger partial charge in [0.2, 0.25) is 0 Å². The van der Waals surface area contributed by atoms with Crippen molar-refractivity contribution in [2.24, 2.45) is 5.14 Å². The fraction of sp³-hybridized carbons (Fsp3) is 0.800. The van der Waals surface area contributed by atoms with E-state index in [1.54, 1.807) is 6.92 Å². The van der Waals surface area contributed by atoms with E-state index in [2.05, 4.69) is 0 Å². The van der Waals surface area contributed by atoms with E-state index in [4.69, 9.17) is 10.2 Å². The Bertz CT molecular complexity index is 248. The van der Waals surface area contributed by atoms with E-state index in [9.17, 15) is 13.2 Å². The molecule has 0 atom stereocenters. The summed E-state index contributed by atoms with van der Waals surface area (Å²) in [6, 6.07) is 0. The van der Waals surface area contributed by atoms with Crippen LogP contribution < -0.4 is 5.14 Å². The molecule has 0 aliphatic carbocycles. The molecule has 0 amide bonds. The molecule has 0 fully saturated rings. The summed E-state index contributed by atoms with van der Waals surface area (Å²) in [6.45, 7) is 1.29. The predicted octanol–water partition coefficient (Wildman–Crippen LogP) is -1.01. The Kier molecular flexibility index (Phi) is 4.15. The van der Waals surface area contributed by atoms with Gasteiger partial charge in [0, 0.05) is 6.54 Å². The first-order valence-corrected chi connectivity index (χ1v) is 4.88. The lowest BCUT2D eigenvalue weighted by atomic mass is 10.5. The van der Waals surface area contributed by atoms with Crippen LogP contribution >= 0.6 is 0 Å². The lowest BCUT2D eigenvalue weighted by molar-refractivity contribution is -0.137. The molecule has 12 heavy (non-hydrogen) atoms. The number of nitrogens with zero attached hydrogens (tertiary/aromatic N) is 1. The molecule has 0 heterocycles. The standard InChI is InChI=1S/C5H12N2O4S/c1-2-3-7(4-5(8)9)12(6,10)11/h2-4H2,1H3,(H,8,9)(H2,6,10,11). The van der Waals surface area contributed by atoms with Crippen LogP contribution in [0.15, 0.2) is 0 Å².